The Kier molecular flexibility index (Phi) is 7.65. The normalized spacial score (nSPS) is 10.2. The number of nitrogens with one attached hydrogen (secondary N) is 2. The maximum absolute atomic E-state index is 11.9. The summed E-state index contributed by atoms with van der Waals surface area (Å²) in [4.78, 5) is 46.9. The first-order valence-corrected chi connectivity index (χ1v) is 9.18. The Morgan fingerprint density at radius 3 is 2.21 bits per heavy atom. The van der Waals surface area contributed by atoms with Gasteiger partial charge in [-0.05, 0) is 62.2 Å². The van der Waals surface area contributed by atoms with Crippen LogP contribution in [0.5, 0.6) is 0 Å². The van der Waals surface area contributed by atoms with E-state index in [1.807, 2.05) is 32.0 Å². The molecule has 0 unspecified atom stereocenters. The standard InChI is InChI=1S/C22H24N2O5/c1-14-4-5-15(2)19(12-14)24-21(27)13-29-22(28)11-10-20(26)23-18-8-6-17(7-9-18)16(3)25/h4-9,12H,10-11,13H2,1-3H3,(H,23,26)(H,24,27). The number of rotatable bonds is 8. The van der Waals surface area contributed by atoms with E-state index in [2.05, 4.69) is 10.6 Å². The Morgan fingerprint density at radius 1 is 0.862 bits per heavy atom. The molecule has 2 amide bonds. The van der Waals surface area contributed by atoms with Gasteiger partial charge in [0.05, 0.1) is 6.42 Å². The quantitative estimate of drug-likeness (QED) is 0.526. The Morgan fingerprint density at radius 2 is 1.55 bits per heavy atom. The van der Waals surface area contributed by atoms with Gasteiger partial charge in [0.25, 0.3) is 5.91 Å². The third kappa shape index (κ3) is 7.21. The maximum Gasteiger partial charge on any atom is 0.306 e. The lowest BCUT2D eigenvalue weighted by molar-refractivity contribution is -0.147. The highest BCUT2D eigenvalue weighted by molar-refractivity contribution is 5.96. The van der Waals surface area contributed by atoms with Crippen LogP contribution in [0.4, 0.5) is 11.4 Å². The molecule has 0 aliphatic carbocycles. The summed E-state index contributed by atoms with van der Waals surface area (Å²) in [6.45, 7) is 4.83. The van der Waals surface area contributed by atoms with Gasteiger partial charge in [0.2, 0.25) is 5.91 Å². The molecule has 0 aliphatic heterocycles. The van der Waals surface area contributed by atoms with Gasteiger partial charge in [0, 0.05) is 23.4 Å². The summed E-state index contributed by atoms with van der Waals surface area (Å²) in [6.07, 6.45) is -0.222. The largest absolute Gasteiger partial charge is 0.456 e. The van der Waals surface area contributed by atoms with Gasteiger partial charge in [-0.3, -0.25) is 19.2 Å². The van der Waals surface area contributed by atoms with Crippen molar-refractivity contribution in [2.75, 3.05) is 17.2 Å². The van der Waals surface area contributed by atoms with Crippen LogP contribution in [-0.4, -0.2) is 30.2 Å². The number of hydrogen-bond acceptors (Lipinski definition) is 5. The van der Waals surface area contributed by atoms with Crippen molar-refractivity contribution in [3.63, 3.8) is 0 Å². The number of ketones is 1. The molecule has 2 aromatic carbocycles. The fraction of sp³-hybridized carbons (Fsp3) is 0.273. The first kappa shape index (κ1) is 21.8. The fourth-order valence-electron chi connectivity index (χ4n) is 2.50. The molecule has 0 fully saturated rings. The van der Waals surface area contributed by atoms with Crippen LogP contribution in [0.3, 0.4) is 0 Å². The van der Waals surface area contributed by atoms with Gasteiger partial charge < -0.3 is 15.4 Å². The van der Waals surface area contributed by atoms with Crippen LogP contribution in [0.15, 0.2) is 42.5 Å². The first-order chi connectivity index (χ1) is 13.7. The van der Waals surface area contributed by atoms with Crippen LogP contribution in [0, 0.1) is 13.8 Å². The molecule has 2 N–H and O–H groups in total. The highest BCUT2D eigenvalue weighted by Crippen LogP contribution is 2.16. The van der Waals surface area contributed by atoms with Crippen molar-refractivity contribution < 1.29 is 23.9 Å². The molecule has 0 aromatic heterocycles. The average molecular weight is 396 g/mol. The summed E-state index contributed by atoms with van der Waals surface area (Å²) < 4.78 is 4.92. The van der Waals surface area contributed by atoms with E-state index < -0.39 is 18.5 Å². The lowest BCUT2D eigenvalue weighted by atomic mass is 10.1. The van der Waals surface area contributed by atoms with Crippen molar-refractivity contribution in [3.05, 3.63) is 59.2 Å². The molecule has 7 heteroatoms. The van der Waals surface area contributed by atoms with Gasteiger partial charge in [0.15, 0.2) is 12.4 Å². The lowest BCUT2D eigenvalue weighted by Gasteiger charge is -2.10. The number of Topliss-reactive ketones (excluding diaryl/α,β-unsaturated/α-hetero) is 1. The van der Waals surface area contributed by atoms with Gasteiger partial charge in [-0.15, -0.1) is 0 Å². The van der Waals surface area contributed by atoms with Crippen LogP contribution in [0.2, 0.25) is 0 Å². The number of anilines is 2. The third-order valence-corrected chi connectivity index (χ3v) is 4.16. The molecule has 2 rings (SSSR count). The molecule has 0 heterocycles. The SMILES string of the molecule is CC(=O)c1ccc(NC(=O)CCC(=O)OCC(=O)Nc2cc(C)ccc2C)cc1. The van der Waals surface area contributed by atoms with Gasteiger partial charge in [0.1, 0.15) is 0 Å². The van der Waals surface area contributed by atoms with Gasteiger partial charge in [-0.1, -0.05) is 12.1 Å². The predicted octanol–water partition coefficient (Wildman–Crippen LogP) is 3.41. The maximum atomic E-state index is 11.9. The first-order valence-electron chi connectivity index (χ1n) is 9.18. The van der Waals surface area contributed by atoms with Crippen LogP contribution in [0.25, 0.3) is 0 Å². The van der Waals surface area contributed by atoms with Crippen LogP contribution < -0.4 is 10.6 Å². The zero-order chi connectivity index (χ0) is 21.4. The summed E-state index contributed by atoms with van der Waals surface area (Å²) in [5, 5.41) is 5.33. The lowest BCUT2D eigenvalue weighted by Crippen LogP contribution is -2.22. The van der Waals surface area contributed by atoms with E-state index in [1.54, 1.807) is 24.3 Å². The smallest absolute Gasteiger partial charge is 0.306 e. The molecular weight excluding hydrogens is 372 g/mol. The summed E-state index contributed by atoms with van der Waals surface area (Å²) >= 11 is 0. The molecule has 29 heavy (non-hydrogen) atoms. The number of aryl methyl sites for hydroxylation is 2. The topological polar surface area (TPSA) is 102 Å². The summed E-state index contributed by atoms with van der Waals surface area (Å²) in [7, 11) is 0. The van der Waals surface area contributed by atoms with Crippen molar-refractivity contribution in [3.8, 4) is 0 Å². The highest BCUT2D eigenvalue weighted by atomic mass is 16.5. The van der Waals surface area contributed by atoms with Crippen molar-refractivity contribution in [1.29, 1.82) is 0 Å². The molecule has 152 valence electrons. The van der Waals surface area contributed by atoms with Crippen molar-refractivity contribution in [2.24, 2.45) is 0 Å². The number of benzene rings is 2. The molecule has 0 radical (unpaired) electrons. The zero-order valence-electron chi connectivity index (χ0n) is 16.7. The van der Waals surface area contributed by atoms with Crippen LogP contribution in [0.1, 0.15) is 41.3 Å². The van der Waals surface area contributed by atoms with Gasteiger partial charge in [-0.2, -0.15) is 0 Å². The van der Waals surface area contributed by atoms with Crippen LogP contribution >= 0.6 is 0 Å². The highest BCUT2D eigenvalue weighted by Gasteiger charge is 2.12. The number of amides is 2. The molecule has 0 aliphatic rings. The second kappa shape index (κ2) is 10.2. The second-order valence-corrected chi connectivity index (χ2v) is 6.71. The number of ether oxygens (including phenoxy) is 1. The number of hydrogen-bond donors (Lipinski definition) is 2. The summed E-state index contributed by atoms with van der Waals surface area (Å²) in [5.41, 5.74) is 3.65. The van der Waals surface area contributed by atoms with Crippen LogP contribution in [-0.2, 0) is 19.1 Å². The van der Waals surface area contributed by atoms with E-state index >= 15 is 0 Å². The Bertz CT molecular complexity index is 919. The van der Waals surface area contributed by atoms with Gasteiger partial charge in [-0.25, -0.2) is 0 Å². The van der Waals surface area contributed by atoms with E-state index in [4.69, 9.17) is 4.74 Å². The Labute approximate surface area is 169 Å². The minimum atomic E-state index is -0.636. The minimum Gasteiger partial charge on any atom is -0.456 e. The average Bonchev–Trinajstić information content (AvgIpc) is 2.68. The Balaban J connectivity index is 1.72. The minimum absolute atomic E-state index is 0.0628. The molecule has 0 atom stereocenters. The molecule has 2 aromatic rings. The number of esters is 1. The molecule has 0 bridgehead atoms. The van der Waals surface area contributed by atoms with E-state index in [0.717, 1.165) is 11.1 Å². The summed E-state index contributed by atoms with van der Waals surface area (Å²) in [5.74, 6) is -1.50. The molecule has 7 nitrogen and oxygen atoms in total. The molecular formula is C22H24N2O5. The number of carbonyl (C=O) groups is 4. The molecule has 0 saturated carbocycles. The summed E-state index contributed by atoms with van der Waals surface area (Å²) in [6, 6.07) is 12.1. The Hall–Kier alpha value is -3.48. The fourth-order valence-corrected chi connectivity index (χ4v) is 2.50. The zero-order valence-corrected chi connectivity index (χ0v) is 16.7. The molecule has 0 spiro atoms. The third-order valence-electron chi connectivity index (χ3n) is 4.16. The second-order valence-electron chi connectivity index (χ2n) is 6.71. The van der Waals surface area contributed by atoms with E-state index in [1.165, 1.54) is 6.92 Å². The van der Waals surface area contributed by atoms with Gasteiger partial charge >= 0.3 is 5.97 Å². The number of carbonyl (C=O) groups excluding carboxylic acids is 4. The van der Waals surface area contributed by atoms with E-state index in [9.17, 15) is 19.2 Å². The monoisotopic (exact) mass is 396 g/mol. The van der Waals surface area contributed by atoms with Crippen molar-refractivity contribution in [2.45, 2.75) is 33.6 Å². The predicted molar refractivity (Wildman–Crippen MR) is 110 cm³/mol. The van der Waals surface area contributed by atoms with E-state index in [-0.39, 0.29) is 24.5 Å². The van der Waals surface area contributed by atoms with E-state index in [0.29, 0.717) is 16.9 Å². The van der Waals surface area contributed by atoms with Crippen molar-refractivity contribution >= 4 is 34.9 Å². The molecule has 0 saturated heterocycles. The van der Waals surface area contributed by atoms with Crippen molar-refractivity contribution in [1.82, 2.24) is 0 Å².